The summed E-state index contributed by atoms with van der Waals surface area (Å²) in [5.41, 5.74) is 0.137. The second-order valence-corrected chi connectivity index (χ2v) is 1.59. The number of nitrogens with zero attached hydrogens (tertiary/aromatic N) is 1. The summed E-state index contributed by atoms with van der Waals surface area (Å²) in [6.07, 6.45) is 0. The zero-order valence-corrected chi connectivity index (χ0v) is 6.60. The molecule has 0 unspecified atom stereocenters. The first-order valence-corrected chi connectivity index (χ1v) is 2.95. The molecule has 0 aliphatic carbocycles. The van der Waals surface area contributed by atoms with Crippen LogP contribution >= 0.6 is 0 Å². The first-order chi connectivity index (χ1) is 5.30. The number of rotatable bonds is 1. The highest BCUT2D eigenvalue weighted by Gasteiger charge is 1.98. The fourth-order valence-electron chi connectivity index (χ4n) is 0.550. The minimum Gasteiger partial charge on any atom is -0.412 e. The van der Waals surface area contributed by atoms with E-state index >= 15 is 0 Å². The first-order valence-electron chi connectivity index (χ1n) is 2.95. The zero-order chi connectivity index (χ0) is 8.69. The number of nitro groups is 1. The summed E-state index contributed by atoms with van der Waals surface area (Å²) in [4.78, 5) is 9.59. The third-order valence-corrected chi connectivity index (χ3v) is 0.967. The number of nitro benzene ring substituents is 1. The molecule has 0 atom stereocenters. The lowest BCUT2D eigenvalue weighted by Gasteiger charge is -1.85. The number of para-hydroxylation sites is 1. The van der Waals surface area contributed by atoms with E-state index in [-0.39, 0.29) is 11.2 Å². The van der Waals surface area contributed by atoms with Gasteiger partial charge in [-0.3, -0.25) is 10.1 Å². The van der Waals surface area contributed by atoms with Gasteiger partial charge in [-0.15, -0.1) is 0 Å². The Morgan fingerprint density at radius 2 is 1.67 bits per heavy atom. The van der Waals surface area contributed by atoms with Gasteiger partial charge in [0.15, 0.2) is 0 Å². The smallest absolute Gasteiger partial charge is 0.269 e. The van der Waals surface area contributed by atoms with Crippen LogP contribution in [0.25, 0.3) is 0 Å². The summed E-state index contributed by atoms with van der Waals surface area (Å²) in [6.45, 7) is 0. The summed E-state index contributed by atoms with van der Waals surface area (Å²) in [6, 6.07) is 7.93. The van der Waals surface area contributed by atoms with E-state index in [1.807, 2.05) is 0 Å². The van der Waals surface area contributed by atoms with E-state index < -0.39 is 4.92 Å². The topological polar surface area (TPSA) is 94.9 Å². The van der Waals surface area contributed by atoms with Crippen LogP contribution < -0.4 is 0 Å². The van der Waals surface area contributed by atoms with Gasteiger partial charge in [0, 0.05) is 19.2 Å². The maximum Gasteiger partial charge on any atom is 0.269 e. The van der Waals surface area contributed by atoms with E-state index in [1.165, 1.54) is 12.1 Å². The number of aliphatic hydroxyl groups is 1. The van der Waals surface area contributed by atoms with Crippen molar-refractivity contribution in [1.82, 2.24) is 0 Å². The Balaban J connectivity index is 0. The molecule has 0 aliphatic rings. The highest BCUT2D eigenvalue weighted by atomic mass is 16.6. The van der Waals surface area contributed by atoms with Crippen LogP contribution in [-0.4, -0.2) is 22.6 Å². The molecule has 0 spiro atoms. The van der Waals surface area contributed by atoms with Gasteiger partial charge < -0.3 is 10.6 Å². The van der Waals surface area contributed by atoms with E-state index in [4.69, 9.17) is 5.11 Å². The molecule has 0 saturated heterocycles. The van der Waals surface area contributed by atoms with E-state index in [9.17, 15) is 10.1 Å². The summed E-state index contributed by atoms with van der Waals surface area (Å²) in [5.74, 6) is 0. The summed E-state index contributed by atoms with van der Waals surface area (Å²) >= 11 is 0. The Morgan fingerprint density at radius 1 is 1.25 bits per heavy atom. The first kappa shape index (κ1) is 13.2. The standard InChI is InChI=1S/C6H5NO2.CH4O.H2O/c8-7(9)6-4-2-1-3-5-6;1-2;/h1-5H;2H,1H3;1H2. The van der Waals surface area contributed by atoms with Gasteiger partial charge in [0.25, 0.3) is 5.69 Å². The molecule has 0 saturated carbocycles. The van der Waals surface area contributed by atoms with Crippen LogP contribution in [0.1, 0.15) is 0 Å². The second kappa shape index (κ2) is 7.64. The van der Waals surface area contributed by atoms with E-state index in [1.54, 1.807) is 18.2 Å². The lowest BCUT2D eigenvalue weighted by molar-refractivity contribution is -0.384. The Kier molecular flexibility index (Phi) is 8.38. The van der Waals surface area contributed by atoms with Crippen LogP contribution in [0.4, 0.5) is 5.69 Å². The molecule has 0 bridgehead atoms. The van der Waals surface area contributed by atoms with Gasteiger partial charge in [0.05, 0.1) is 4.92 Å². The zero-order valence-electron chi connectivity index (χ0n) is 6.60. The van der Waals surface area contributed by atoms with Gasteiger partial charge in [0.1, 0.15) is 0 Å². The molecule has 0 heterocycles. The minimum absolute atomic E-state index is 0. The van der Waals surface area contributed by atoms with Crippen LogP contribution in [0.15, 0.2) is 30.3 Å². The molecular formula is C7H11NO4. The van der Waals surface area contributed by atoms with Gasteiger partial charge in [0.2, 0.25) is 0 Å². The third-order valence-electron chi connectivity index (χ3n) is 0.967. The quantitative estimate of drug-likeness (QED) is 0.491. The van der Waals surface area contributed by atoms with Crippen molar-refractivity contribution in [3.8, 4) is 0 Å². The third kappa shape index (κ3) is 4.37. The molecule has 0 aromatic heterocycles. The van der Waals surface area contributed by atoms with Gasteiger partial charge in [-0.2, -0.15) is 0 Å². The monoisotopic (exact) mass is 173 g/mol. The predicted octanol–water partition coefficient (Wildman–Crippen LogP) is 0.379. The molecule has 1 rings (SSSR count). The van der Waals surface area contributed by atoms with Crippen molar-refractivity contribution in [3.05, 3.63) is 40.4 Å². The van der Waals surface area contributed by atoms with Crippen molar-refractivity contribution in [2.75, 3.05) is 7.11 Å². The van der Waals surface area contributed by atoms with Crippen molar-refractivity contribution >= 4 is 5.69 Å². The SMILES string of the molecule is CO.O.O=[N+]([O-])c1ccccc1. The van der Waals surface area contributed by atoms with E-state index in [2.05, 4.69) is 0 Å². The molecule has 5 heteroatoms. The van der Waals surface area contributed by atoms with Gasteiger partial charge in [-0.05, 0) is 0 Å². The van der Waals surface area contributed by atoms with Crippen molar-refractivity contribution < 1.29 is 15.5 Å². The van der Waals surface area contributed by atoms with Gasteiger partial charge in [-0.25, -0.2) is 0 Å². The summed E-state index contributed by atoms with van der Waals surface area (Å²) in [5, 5.41) is 17.0. The van der Waals surface area contributed by atoms with Crippen LogP contribution in [0.3, 0.4) is 0 Å². The van der Waals surface area contributed by atoms with Crippen LogP contribution in [0, 0.1) is 10.1 Å². The molecule has 3 N–H and O–H groups in total. The Morgan fingerprint density at radius 3 is 1.92 bits per heavy atom. The molecule has 12 heavy (non-hydrogen) atoms. The minimum atomic E-state index is -0.417. The molecule has 0 radical (unpaired) electrons. The van der Waals surface area contributed by atoms with Crippen molar-refractivity contribution in [3.63, 3.8) is 0 Å². The van der Waals surface area contributed by atoms with Gasteiger partial charge in [-0.1, -0.05) is 18.2 Å². The summed E-state index contributed by atoms with van der Waals surface area (Å²) in [7, 11) is 1.00. The van der Waals surface area contributed by atoms with E-state index in [0.29, 0.717) is 0 Å². The van der Waals surface area contributed by atoms with Crippen LogP contribution in [0.2, 0.25) is 0 Å². The average molecular weight is 173 g/mol. The van der Waals surface area contributed by atoms with Crippen LogP contribution in [-0.2, 0) is 0 Å². The number of hydrogen-bond donors (Lipinski definition) is 1. The van der Waals surface area contributed by atoms with Crippen LogP contribution in [0.5, 0.6) is 0 Å². The highest BCUT2D eigenvalue weighted by molar-refractivity contribution is 5.27. The number of benzene rings is 1. The lowest BCUT2D eigenvalue weighted by atomic mass is 10.3. The molecule has 0 fully saturated rings. The fourth-order valence-corrected chi connectivity index (χ4v) is 0.550. The maximum atomic E-state index is 10.0. The van der Waals surface area contributed by atoms with Gasteiger partial charge >= 0.3 is 0 Å². The lowest BCUT2D eigenvalue weighted by Crippen LogP contribution is -1.84. The molecule has 5 nitrogen and oxygen atoms in total. The molecule has 1 aromatic carbocycles. The summed E-state index contributed by atoms with van der Waals surface area (Å²) < 4.78 is 0. The average Bonchev–Trinajstić information content (AvgIpc) is 2.10. The van der Waals surface area contributed by atoms with E-state index in [0.717, 1.165) is 7.11 Å². The number of non-ortho nitro benzene ring substituents is 1. The molecule has 68 valence electrons. The molecule has 1 aromatic rings. The fraction of sp³-hybridized carbons (Fsp3) is 0.143. The number of aliphatic hydroxyl groups excluding tert-OH is 1. The Bertz CT molecular complexity index is 212. The highest BCUT2D eigenvalue weighted by Crippen LogP contribution is 2.06. The van der Waals surface area contributed by atoms with Crippen molar-refractivity contribution in [1.29, 1.82) is 0 Å². The molecule has 0 amide bonds. The second-order valence-electron chi connectivity index (χ2n) is 1.59. The predicted molar refractivity (Wildman–Crippen MR) is 44.9 cm³/mol. The van der Waals surface area contributed by atoms with Crippen molar-refractivity contribution in [2.45, 2.75) is 0 Å². The Labute approximate surface area is 69.7 Å². The molecular weight excluding hydrogens is 162 g/mol. The molecule has 0 aliphatic heterocycles. The maximum absolute atomic E-state index is 10.0. The normalized spacial score (nSPS) is 7.17. The van der Waals surface area contributed by atoms with Crippen molar-refractivity contribution in [2.24, 2.45) is 0 Å². The number of hydrogen-bond acceptors (Lipinski definition) is 3. The largest absolute Gasteiger partial charge is 0.412 e. The Hall–Kier alpha value is -1.46.